The Balaban J connectivity index is 1.34. The van der Waals surface area contributed by atoms with Gasteiger partial charge in [0.05, 0.1) is 6.04 Å². The lowest BCUT2D eigenvalue weighted by Gasteiger charge is -2.25. The van der Waals surface area contributed by atoms with Crippen LogP contribution in [0.3, 0.4) is 0 Å². The summed E-state index contributed by atoms with van der Waals surface area (Å²) in [6, 6.07) is 16.4. The van der Waals surface area contributed by atoms with Gasteiger partial charge >= 0.3 is 0 Å². The Morgan fingerprint density at radius 3 is 2.42 bits per heavy atom. The second-order valence-electron chi connectivity index (χ2n) is 8.26. The first-order chi connectivity index (χ1) is 15.2. The minimum absolute atomic E-state index is 0.202. The highest BCUT2D eigenvalue weighted by Crippen LogP contribution is 2.39. The number of fused-ring (bicyclic) bond motifs is 1. The molecule has 0 radical (unpaired) electrons. The largest absolute Gasteiger partial charge is 0.457 e. The van der Waals surface area contributed by atoms with Gasteiger partial charge < -0.3 is 15.0 Å². The van der Waals surface area contributed by atoms with Crippen molar-refractivity contribution in [1.82, 2.24) is 9.97 Å². The van der Waals surface area contributed by atoms with E-state index >= 15 is 0 Å². The molecule has 1 aliphatic heterocycles. The fraction of sp³-hybridized carbons (Fsp3) is 0.360. The lowest BCUT2D eigenvalue weighted by molar-refractivity contribution is 0.483. The molecular weight excluding hydrogens is 408 g/mol. The molecule has 5 rings (SSSR count). The van der Waals surface area contributed by atoms with Gasteiger partial charge in [-0.2, -0.15) is 0 Å². The first-order valence-electron chi connectivity index (χ1n) is 11.1. The first kappa shape index (κ1) is 20.1. The number of nitrogens with one attached hydrogen (secondary N) is 1. The Morgan fingerprint density at radius 2 is 1.74 bits per heavy atom. The van der Waals surface area contributed by atoms with Crippen molar-refractivity contribution in [3.63, 3.8) is 0 Å². The monoisotopic (exact) mass is 434 g/mol. The first-order valence-corrected chi connectivity index (χ1v) is 11.5. The SMILES string of the molecule is CCc1ncc2c(n1)N(C1CC1)CCCC2Nc1ccc(Oc2ccc(Cl)cc2)cc1. The number of hydrogen-bond donors (Lipinski definition) is 1. The average Bonchev–Trinajstić information content (AvgIpc) is 3.64. The number of rotatable bonds is 6. The van der Waals surface area contributed by atoms with Crippen molar-refractivity contribution < 1.29 is 4.74 Å². The minimum Gasteiger partial charge on any atom is -0.457 e. The van der Waals surface area contributed by atoms with Gasteiger partial charge in [-0.15, -0.1) is 0 Å². The Kier molecular flexibility index (Phi) is 5.68. The van der Waals surface area contributed by atoms with Gasteiger partial charge in [0.25, 0.3) is 0 Å². The predicted octanol–water partition coefficient (Wildman–Crippen LogP) is 6.40. The molecule has 31 heavy (non-hydrogen) atoms. The Morgan fingerprint density at radius 1 is 1.03 bits per heavy atom. The minimum atomic E-state index is 0.202. The van der Waals surface area contributed by atoms with Crippen LogP contribution in [0, 0.1) is 0 Å². The highest BCUT2D eigenvalue weighted by atomic mass is 35.5. The van der Waals surface area contributed by atoms with E-state index in [0.717, 1.165) is 54.6 Å². The van der Waals surface area contributed by atoms with Crippen LogP contribution in [0.15, 0.2) is 54.7 Å². The van der Waals surface area contributed by atoms with Gasteiger partial charge in [0.2, 0.25) is 0 Å². The Labute approximate surface area is 188 Å². The molecule has 3 aromatic rings. The molecule has 2 aliphatic rings. The number of nitrogens with zero attached hydrogens (tertiary/aromatic N) is 3. The zero-order valence-electron chi connectivity index (χ0n) is 17.7. The molecule has 0 saturated heterocycles. The summed E-state index contributed by atoms with van der Waals surface area (Å²) in [6.45, 7) is 3.19. The third-order valence-electron chi connectivity index (χ3n) is 5.93. The highest BCUT2D eigenvalue weighted by Gasteiger charge is 2.34. The van der Waals surface area contributed by atoms with Crippen molar-refractivity contribution in [3.05, 3.63) is 71.1 Å². The molecule has 160 valence electrons. The maximum absolute atomic E-state index is 5.95. The van der Waals surface area contributed by atoms with Crippen molar-refractivity contribution in [1.29, 1.82) is 0 Å². The molecule has 0 bridgehead atoms. The van der Waals surface area contributed by atoms with E-state index in [1.165, 1.54) is 18.4 Å². The molecule has 0 amide bonds. The fourth-order valence-electron chi connectivity index (χ4n) is 4.14. The summed E-state index contributed by atoms with van der Waals surface area (Å²) >= 11 is 5.95. The van der Waals surface area contributed by atoms with Crippen LogP contribution in [0.1, 0.15) is 50.0 Å². The summed E-state index contributed by atoms with van der Waals surface area (Å²) in [4.78, 5) is 12.1. The van der Waals surface area contributed by atoms with Gasteiger partial charge in [-0.05, 0) is 74.2 Å². The molecule has 1 N–H and O–H groups in total. The summed E-state index contributed by atoms with van der Waals surface area (Å²) < 4.78 is 5.91. The number of anilines is 2. The van der Waals surface area contributed by atoms with E-state index in [-0.39, 0.29) is 6.04 Å². The molecule has 1 fully saturated rings. The summed E-state index contributed by atoms with van der Waals surface area (Å²) in [5.41, 5.74) is 2.28. The van der Waals surface area contributed by atoms with E-state index in [0.29, 0.717) is 11.1 Å². The van der Waals surface area contributed by atoms with E-state index in [4.69, 9.17) is 21.3 Å². The van der Waals surface area contributed by atoms with Crippen molar-refractivity contribution in [2.45, 2.75) is 51.1 Å². The molecule has 5 nitrogen and oxygen atoms in total. The molecule has 2 aromatic carbocycles. The summed E-state index contributed by atoms with van der Waals surface area (Å²) in [5.74, 6) is 3.62. The number of benzene rings is 2. The second kappa shape index (κ2) is 8.75. The zero-order valence-corrected chi connectivity index (χ0v) is 18.5. The van der Waals surface area contributed by atoms with E-state index in [2.05, 4.69) is 34.3 Å². The van der Waals surface area contributed by atoms with Crippen LogP contribution in [0.4, 0.5) is 11.5 Å². The Hall–Kier alpha value is -2.79. The van der Waals surface area contributed by atoms with Crippen LogP contribution in [-0.2, 0) is 6.42 Å². The topological polar surface area (TPSA) is 50.3 Å². The van der Waals surface area contributed by atoms with Gasteiger partial charge in [0.1, 0.15) is 23.1 Å². The van der Waals surface area contributed by atoms with Crippen LogP contribution >= 0.6 is 11.6 Å². The fourth-order valence-corrected chi connectivity index (χ4v) is 4.27. The zero-order chi connectivity index (χ0) is 21.2. The van der Waals surface area contributed by atoms with Crippen molar-refractivity contribution in [2.24, 2.45) is 0 Å². The molecule has 1 saturated carbocycles. The summed E-state index contributed by atoms with van der Waals surface area (Å²) in [6.07, 6.45) is 7.66. The van der Waals surface area contributed by atoms with Crippen LogP contribution < -0.4 is 15.0 Å². The number of hydrogen-bond acceptors (Lipinski definition) is 5. The standard InChI is InChI=1S/C25H27ClN4O/c1-2-24-27-16-22-23(4-3-15-30(19-9-10-19)25(22)29-24)28-18-7-13-21(14-8-18)31-20-11-5-17(26)6-12-20/h5-8,11-14,16,19,23,28H,2-4,9-10,15H2,1H3. The quantitative estimate of drug-likeness (QED) is 0.486. The van der Waals surface area contributed by atoms with Gasteiger partial charge in [0, 0.05) is 41.5 Å². The van der Waals surface area contributed by atoms with Gasteiger partial charge in [-0.3, -0.25) is 0 Å². The molecule has 2 heterocycles. The van der Waals surface area contributed by atoms with E-state index in [1.807, 2.05) is 42.6 Å². The van der Waals surface area contributed by atoms with Gasteiger partial charge in [0.15, 0.2) is 0 Å². The molecule has 1 aromatic heterocycles. The molecule has 6 heteroatoms. The molecular formula is C25H27ClN4O. The molecule has 1 aliphatic carbocycles. The normalized spacial score (nSPS) is 18.3. The molecule has 0 spiro atoms. The Bertz CT molecular complexity index is 1030. The maximum Gasteiger partial charge on any atom is 0.137 e. The number of halogens is 1. The van der Waals surface area contributed by atoms with Crippen molar-refractivity contribution in [2.75, 3.05) is 16.8 Å². The number of aryl methyl sites for hydroxylation is 1. The van der Waals surface area contributed by atoms with Crippen molar-refractivity contribution in [3.8, 4) is 11.5 Å². The third kappa shape index (κ3) is 4.62. The van der Waals surface area contributed by atoms with Crippen LogP contribution in [-0.4, -0.2) is 22.6 Å². The van der Waals surface area contributed by atoms with Crippen molar-refractivity contribution >= 4 is 23.1 Å². The van der Waals surface area contributed by atoms with E-state index < -0.39 is 0 Å². The molecule has 1 atom stereocenters. The van der Waals surface area contributed by atoms with Gasteiger partial charge in [-0.1, -0.05) is 18.5 Å². The van der Waals surface area contributed by atoms with Crippen LogP contribution in [0.2, 0.25) is 5.02 Å². The van der Waals surface area contributed by atoms with Gasteiger partial charge in [-0.25, -0.2) is 9.97 Å². The lowest BCUT2D eigenvalue weighted by Crippen LogP contribution is -2.28. The van der Waals surface area contributed by atoms with Crippen LogP contribution in [0.25, 0.3) is 0 Å². The highest BCUT2D eigenvalue weighted by molar-refractivity contribution is 6.30. The predicted molar refractivity (Wildman–Crippen MR) is 125 cm³/mol. The van der Waals surface area contributed by atoms with Crippen LogP contribution in [0.5, 0.6) is 11.5 Å². The van der Waals surface area contributed by atoms with E-state index in [9.17, 15) is 0 Å². The number of ether oxygens (including phenoxy) is 1. The maximum atomic E-state index is 5.95. The van der Waals surface area contributed by atoms with E-state index in [1.54, 1.807) is 0 Å². The third-order valence-corrected chi connectivity index (χ3v) is 6.19. The summed E-state index contributed by atoms with van der Waals surface area (Å²) in [5, 5.41) is 4.41. The number of aromatic nitrogens is 2. The smallest absolute Gasteiger partial charge is 0.137 e. The average molecular weight is 435 g/mol. The summed E-state index contributed by atoms with van der Waals surface area (Å²) in [7, 11) is 0. The lowest BCUT2D eigenvalue weighted by atomic mass is 10.0. The second-order valence-corrected chi connectivity index (χ2v) is 8.70. The molecule has 1 unspecified atom stereocenters.